The first-order valence-corrected chi connectivity index (χ1v) is 6.57. The third-order valence-corrected chi connectivity index (χ3v) is 4.10. The van der Waals surface area contributed by atoms with Crippen molar-refractivity contribution in [2.45, 2.75) is 30.2 Å². The van der Waals surface area contributed by atoms with E-state index in [4.69, 9.17) is 0 Å². The highest BCUT2D eigenvalue weighted by atomic mass is 32.2. The van der Waals surface area contributed by atoms with Gasteiger partial charge in [0.05, 0.1) is 11.5 Å². The molecule has 2 rings (SSSR count). The second-order valence-corrected chi connectivity index (χ2v) is 5.31. The van der Waals surface area contributed by atoms with Crippen LogP contribution in [0.1, 0.15) is 16.7 Å². The summed E-state index contributed by atoms with van der Waals surface area (Å²) in [5.41, 5.74) is 2.88. The van der Waals surface area contributed by atoms with Gasteiger partial charge in [-0.1, -0.05) is 36.0 Å². The Kier molecular flexibility index (Phi) is 4.04. The van der Waals surface area contributed by atoms with Gasteiger partial charge in [0.1, 0.15) is 5.82 Å². The van der Waals surface area contributed by atoms with Gasteiger partial charge in [-0.25, -0.2) is 4.39 Å². The van der Waals surface area contributed by atoms with Crippen LogP contribution in [-0.2, 0) is 6.61 Å². The van der Waals surface area contributed by atoms with Gasteiger partial charge in [0.2, 0.25) is 0 Å². The summed E-state index contributed by atoms with van der Waals surface area (Å²) in [6.45, 7) is 3.87. The van der Waals surface area contributed by atoms with Crippen molar-refractivity contribution in [2.75, 3.05) is 0 Å². The number of aliphatic hydroxyl groups excluding tert-OH is 1. The summed E-state index contributed by atoms with van der Waals surface area (Å²) in [7, 11) is 0. The Hall–Kier alpha value is -1.32. The van der Waals surface area contributed by atoms with Gasteiger partial charge in [-0.15, -0.1) is 0 Å². The Morgan fingerprint density at radius 1 is 1.17 bits per heavy atom. The second-order valence-electron chi connectivity index (χ2n) is 4.26. The molecule has 1 N–H and O–H groups in total. The minimum absolute atomic E-state index is 0.148. The van der Waals surface area contributed by atoms with Crippen molar-refractivity contribution in [3.8, 4) is 0 Å². The predicted octanol–water partition coefficient (Wildman–Crippen LogP) is 4.09. The molecule has 0 aliphatic carbocycles. The molecule has 0 saturated heterocycles. The van der Waals surface area contributed by atoms with E-state index >= 15 is 0 Å². The molecule has 3 heteroatoms. The lowest BCUT2D eigenvalue weighted by Crippen LogP contribution is -1.92. The van der Waals surface area contributed by atoms with Crippen molar-refractivity contribution in [3.63, 3.8) is 0 Å². The molecule has 0 aliphatic rings. The zero-order valence-corrected chi connectivity index (χ0v) is 11.2. The van der Waals surface area contributed by atoms with Crippen LogP contribution >= 0.6 is 11.8 Å². The highest BCUT2D eigenvalue weighted by molar-refractivity contribution is 7.99. The summed E-state index contributed by atoms with van der Waals surface area (Å²) in [6.07, 6.45) is 0. The number of halogens is 1. The second kappa shape index (κ2) is 5.55. The number of hydrogen-bond acceptors (Lipinski definition) is 2. The summed E-state index contributed by atoms with van der Waals surface area (Å²) in [5, 5.41) is 9.26. The van der Waals surface area contributed by atoms with Crippen molar-refractivity contribution >= 4 is 11.8 Å². The standard InChI is InChI=1S/C15H15FOS/c1-10-6-7-11(2)14(8-10)18-15-12(9-17)4-3-5-13(15)16/h3-8,17H,9H2,1-2H3. The van der Waals surface area contributed by atoms with E-state index in [-0.39, 0.29) is 12.4 Å². The molecule has 0 atom stereocenters. The van der Waals surface area contributed by atoms with E-state index in [1.165, 1.54) is 17.8 Å². The summed E-state index contributed by atoms with van der Waals surface area (Å²) in [4.78, 5) is 1.53. The van der Waals surface area contributed by atoms with Crippen LogP contribution in [0.3, 0.4) is 0 Å². The molecule has 0 saturated carbocycles. The largest absolute Gasteiger partial charge is 0.392 e. The molecule has 0 amide bonds. The van der Waals surface area contributed by atoms with Gasteiger partial charge in [0, 0.05) is 4.90 Å². The minimum atomic E-state index is -0.285. The molecule has 1 nitrogen and oxygen atoms in total. The quantitative estimate of drug-likeness (QED) is 0.899. The predicted molar refractivity (Wildman–Crippen MR) is 72.4 cm³/mol. The average Bonchev–Trinajstić information content (AvgIpc) is 2.36. The molecule has 0 unspecified atom stereocenters. The minimum Gasteiger partial charge on any atom is -0.392 e. The van der Waals surface area contributed by atoms with Gasteiger partial charge in [-0.05, 0) is 42.7 Å². The van der Waals surface area contributed by atoms with E-state index < -0.39 is 0 Å². The van der Waals surface area contributed by atoms with Crippen LogP contribution < -0.4 is 0 Å². The number of aliphatic hydroxyl groups is 1. The monoisotopic (exact) mass is 262 g/mol. The molecule has 18 heavy (non-hydrogen) atoms. The van der Waals surface area contributed by atoms with E-state index in [9.17, 15) is 9.50 Å². The van der Waals surface area contributed by atoms with Crippen molar-refractivity contribution in [1.82, 2.24) is 0 Å². The fourth-order valence-electron chi connectivity index (χ4n) is 1.72. The average molecular weight is 262 g/mol. The van der Waals surface area contributed by atoms with Crippen LogP contribution in [0.15, 0.2) is 46.2 Å². The molecule has 0 aromatic heterocycles. The van der Waals surface area contributed by atoms with E-state index in [1.54, 1.807) is 12.1 Å². The lowest BCUT2D eigenvalue weighted by Gasteiger charge is -2.10. The normalized spacial score (nSPS) is 10.7. The Balaban J connectivity index is 2.42. The van der Waals surface area contributed by atoms with Crippen LogP contribution in [0, 0.1) is 19.7 Å². The molecule has 0 fully saturated rings. The lowest BCUT2D eigenvalue weighted by molar-refractivity contribution is 0.277. The molecular weight excluding hydrogens is 247 g/mol. The number of rotatable bonds is 3. The van der Waals surface area contributed by atoms with Gasteiger partial charge < -0.3 is 5.11 Å². The molecule has 0 radical (unpaired) electrons. The van der Waals surface area contributed by atoms with E-state index in [2.05, 4.69) is 0 Å². The van der Waals surface area contributed by atoms with Gasteiger partial charge in [-0.2, -0.15) is 0 Å². The molecule has 0 bridgehead atoms. The smallest absolute Gasteiger partial charge is 0.137 e. The first kappa shape index (κ1) is 13.1. The molecule has 0 heterocycles. The van der Waals surface area contributed by atoms with E-state index in [0.717, 1.165) is 16.0 Å². The molecular formula is C15H15FOS. The maximum absolute atomic E-state index is 13.8. The topological polar surface area (TPSA) is 20.2 Å². The first-order chi connectivity index (χ1) is 8.61. The van der Waals surface area contributed by atoms with Crippen LogP contribution in [0.2, 0.25) is 0 Å². The van der Waals surface area contributed by atoms with Crippen molar-refractivity contribution in [3.05, 3.63) is 58.9 Å². The van der Waals surface area contributed by atoms with E-state index in [0.29, 0.717) is 10.5 Å². The Labute approximate surface area is 111 Å². The van der Waals surface area contributed by atoms with Gasteiger partial charge in [-0.3, -0.25) is 0 Å². The molecule has 2 aromatic carbocycles. The molecule has 0 aliphatic heterocycles. The highest BCUT2D eigenvalue weighted by Gasteiger charge is 2.11. The Morgan fingerprint density at radius 2 is 1.94 bits per heavy atom. The zero-order chi connectivity index (χ0) is 13.1. The number of aryl methyl sites for hydroxylation is 2. The summed E-state index contributed by atoms with van der Waals surface area (Å²) in [6, 6.07) is 10.9. The van der Waals surface area contributed by atoms with Gasteiger partial charge in [0.25, 0.3) is 0 Å². The molecule has 94 valence electrons. The summed E-state index contributed by atoms with van der Waals surface area (Å²) in [5.74, 6) is -0.285. The van der Waals surface area contributed by atoms with Crippen LogP contribution in [0.5, 0.6) is 0 Å². The molecule has 2 aromatic rings. The van der Waals surface area contributed by atoms with Crippen molar-refractivity contribution < 1.29 is 9.50 Å². The van der Waals surface area contributed by atoms with Crippen LogP contribution in [0.4, 0.5) is 4.39 Å². The third-order valence-electron chi connectivity index (χ3n) is 2.77. The third kappa shape index (κ3) is 2.74. The maximum atomic E-state index is 13.8. The van der Waals surface area contributed by atoms with Crippen molar-refractivity contribution in [1.29, 1.82) is 0 Å². The number of benzene rings is 2. The summed E-state index contributed by atoms with van der Waals surface area (Å²) >= 11 is 1.37. The highest BCUT2D eigenvalue weighted by Crippen LogP contribution is 2.35. The van der Waals surface area contributed by atoms with Gasteiger partial charge in [0.15, 0.2) is 0 Å². The zero-order valence-electron chi connectivity index (χ0n) is 10.4. The Bertz CT molecular complexity index is 566. The lowest BCUT2D eigenvalue weighted by atomic mass is 10.2. The Morgan fingerprint density at radius 3 is 2.67 bits per heavy atom. The fourth-order valence-corrected chi connectivity index (χ4v) is 2.84. The van der Waals surface area contributed by atoms with Crippen LogP contribution in [-0.4, -0.2) is 5.11 Å². The summed E-state index contributed by atoms with van der Waals surface area (Å²) < 4.78 is 13.8. The van der Waals surface area contributed by atoms with E-state index in [1.807, 2.05) is 32.0 Å². The maximum Gasteiger partial charge on any atom is 0.137 e. The van der Waals surface area contributed by atoms with Gasteiger partial charge >= 0.3 is 0 Å². The SMILES string of the molecule is Cc1ccc(C)c(Sc2c(F)cccc2CO)c1. The number of hydrogen-bond donors (Lipinski definition) is 1. The molecule has 0 spiro atoms. The van der Waals surface area contributed by atoms with Crippen molar-refractivity contribution in [2.24, 2.45) is 0 Å². The first-order valence-electron chi connectivity index (χ1n) is 5.75. The fraction of sp³-hybridized carbons (Fsp3) is 0.200. The van der Waals surface area contributed by atoms with Crippen LogP contribution in [0.25, 0.3) is 0 Å².